The van der Waals surface area contributed by atoms with Gasteiger partial charge in [-0.05, 0) is 37.5 Å². The number of hydrogen-bond acceptors (Lipinski definition) is 3. The molecule has 2 N–H and O–H groups in total. The van der Waals surface area contributed by atoms with Crippen LogP contribution in [0.15, 0.2) is 48.5 Å². The molecule has 0 radical (unpaired) electrons. The molecule has 0 spiro atoms. The van der Waals surface area contributed by atoms with E-state index in [1.54, 1.807) is 24.1 Å². The number of para-hydroxylation sites is 2. The number of urea groups is 1. The summed E-state index contributed by atoms with van der Waals surface area (Å²) in [5.41, 5.74) is 2.81. The number of nitrogens with zero attached hydrogens (tertiary/aromatic N) is 1. The third kappa shape index (κ3) is 4.58. The monoisotopic (exact) mass is 367 g/mol. The molecule has 1 saturated heterocycles. The first-order chi connectivity index (χ1) is 13.1. The van der Waals surface area contributed by atoms with Gasteiger partial charge in [0.2, 0.25) is 5.91 Å². The summed E-state index contributed by atoms with van der Waals surface area (Å²) >= 11 is 0. The van der Waals surface area contributed by atoms with E-state index in [4.69, 9.17) is 4.74 Å². The Morgan fingerprint density at radius 1 is 1.15 bits per heavy atom. The van der Waals surface area contributed by atoms with Crippen molar-refractivity contribution in [1.29, 1.82) is 0 Å². The summed E-state index contributed by atoms with van der Waals surface area (Å²) in [6, 6.07) is 14.5. The molecular formula is C21H25N3O3. The molecule has 0 aliphatic carbocycles. The lowest BCUT2D eigenvalue weighted by Crippen LogP contribution is -2.47. The van der Waals surface area contributed by atoms with E-state index in [0.29, 0.717) is 30.9 Å². The van der Waals surface area contributed by atoms with Gasteiger partial charge in [-0.25, -0.2) is 4.79 Å². The van der Waals surface area contributed by atoms with E-state index in [1.807, 2.05) is 43.3 Å². The summed E-state index contributed by atoms with van der Waals surface area (Å²) < 4.78 is 5.27. The molecule has 1 heterocycles. The zero-order valence-corrected chi connectivity index (χ0v) is 15.7. The predicted octanol–water partition coefficient (Wildman–Crippen LogP) is 3.32. The molecule has 6 heteroatoms. The number of ether oxygens (including phenoxy) is 1. The molecule has 0 saturated carbocycles. The fraction of sp³-hybridized carbons (Fsp3) is 0.333. The number of rotatable bonds is 5. The molecule has 27 heavy (non-hydrogen) atoms. The van der Waals surface area contributed by atoms with Crippen molar-refractivity contribution in [3.63, 3.8) is 0 Å². The van der Waals surface area contributed by atoms with Crippen LogP contribution in [0.2, 0.25) is 0 Å². The Labute approximate surface area is 159 Å². The highest BCUT2D eigenvalue weighted by molar-refractivity contribution is 5.95. The highest BCUT2D eigenvalue weighted by atomic mass is 16.5. The molecule has 3 rings (SSSR count). The van der Waals surface area contributed by atoms with Crippen molar-refractivity contribution in [1.82, 2.24) is 10.2 Å². The van der Waals surface area contributed by atoms with E-state index >= 15 is 0 Å². The zero-order valence-electron chi connectivity index (χ0n) is 15.7. The van der Waals surface area contributed by atoms with Gasteiger partial charge in [-0.1, -0.05) is 42.0 Å². The highest BCUT2D eigenvalue weighted by Gasteiger charge is 2.34. The minimum Gasteiger partial charge on any atom is -0.495 e. The van der Waals surface area contributed by atoms with E-state index in [-0.39, 0.29) is 11.9 Å². The lowest BCUT2D eigenvalue weighted by molar-refractivity contribution is -0.124. The Morgan fingerprint density at radius 2 is 1.89 bits per heavy atom. The zero-order chi connectivity index (χ0) is 19.2. The molecule has 1 fully saturated rings. The van der Waals surface area contributed by atoms with Gasteiger partial charge in [-0.3, -0.25) is 4.79 Å². The Balaban J connectivity index is 1.61. The minimum atomic E-state index is -0.454. The van der Waals surface area contributed by atoms with Crippen molar-refractivity contribution in [2.24, 2.45) is 0 Å². The molecule has 1 aliphatic heterocycles. The van der Waals surface area contributed by atoms with E-state index in [2.05, 4.69) is 10.6 Å². The summed E-state index contributed by atoms with van der Waals surface area (Å²) in [7, 11) is 1.56. The van der Waals surface area contributed by atoms with Crippen LogP contribution < -0.4 is 15.4 Å². The lowest BCUT2D eigenvalue weighted by Gasteiger charge is -2.24. The van der Waals surface area contributed by atoms with Gasteiger partial charge >= 0.3 is 6.03 Å². The molecule has 0 aromatic heterocycles. The van der Waals surface area contributed by atoms with Gasteiger partial charge in [-0.2, -0.15) is 0 Å². The highest BCUT2D eigenvalue weighted by Crippen LogP contribution is 2.25. The van der Waals surface area contributed by atoms with Crippen LogP contribution in [-0.4, -0.2) is 36.5 Å². The Bertz CT molecular complexity index is 805. The molecule has 1 atom stereocenters. The van der Waals surface area contributed by atoms with Gasteiger partial charge in [0.1, 0.15) is 11.8 Å². The van der Waals surface area contributed by atoms with Crippen molar-refractivity contribution >= 4 is 17.6 Å². The van der Waals surface area contributed by atoms with Gasteiger partial charge in [0, 0.05) is 13.1 Å². The van der Waals surface area contributed by atoms with Crippen LogP contribution in [0.1, 0.15) is 24.0 Å². The summed E-state index contributed by atoms with van der Waals surface area (Å²) in [5.74, 6) is 0.466. The first kappa shape index (κ1) is 18.8. The Hall–Kier alpha value is -3.02. The average molecular weight is 367 g/mol. The Kier molecular flexibility index (Phi) is 5.96. The normalized spacial score (nSPS) is 16.1. The maximum atomic E-state index is 12.7. The van der Waals surface area contributed by atoms with Crippen LogP contribution in [0.5, 0.6) is 5.75 Å². The number of likely N-dealkylation sites (tertiary alicyclic amines) is 1. The predicted molar refractivity (Wildman–Crippen MR) is 105 cm³/mol. The van der Waals surface area contributed by atoms with E-state index in [0.717, 1.165) is 12.0 Å². The number of carbonyl (C=O) groups is 2. The van der Waals surface area contributed by atoms with Gasteiger partial charge in [0.15, 0.2) is 0 Å². The number of hydrogen-bond donors (Lipinski definition) is 2. The number of aryl methyl sites for hydroxylation is 1. The van der Waals surface area contributed by atoms with Crippen molar-refractivity contribution in [3.8, 4) is 5.75 Å². The van der Waals surface area contributed by atoms with Gasteiger partial charge in [0.25, 0.3) is 0 Å². The SMILES string of the molecule is COc1ccccc1NC(=O)N1CCC[C@@H]1C(=O)NCc1ccc(C)cc1. The molecule has 6 nitrogen and oxygen atoms in total. The quantitative estimate of drug-likeness (QED) is 0.852. The fourth-order valence-electron chi connectivity index (χ4n) is 3.23. The maximum Gasteiger partial charge on any atom is 0.322 e. The van der Waals surface area contributed by atoms with Crippen LogP contribution in [0, 0.1) is 6.92 Å². The van der Waals surface area contributed by atoms with Crippen molar-refractivity contribution in [2.45, 2.75) is 32.4 Å². The number of methoxy groups -OCH3 is 1. The molecule has 2 aromatic rings. The first-order valence-electron chi connectivity index (χ1n) is 9.12. The summed E-state index contributed by atoms with van der Waals surface area (Å²) in [6.07, 6.45) is 1.47. The van der Waals surface area contributed by atoms with Crippen LogP contribution in [-0.2, 0) is 11.3 Å². The largest absolute Gasteiger partial charge is 0.495 e. The maximum absolute atomic E-state index is 12.7. The molecule has 2 aromatic carbocycles. The number of benzene rings is 2. The van der Waals surface area contributed by atoms with E-state index in [9.17, 15) is 9.59 Å². The molecule has 1 aliphatic rings. The van der Waals surface area contributed by atoms with Crippen LogP contribution in [0.3, 0.4) is 0 Å². The molecule has 142 valence electrons. The molecule has 0 unspecified atom stereocenters. The molecule has 3 amide bonds. The molecule has 0 bridgehead atoms. The fourth-order valence-corrected chi connectivity index (χ4v) is 3.23. The molecular weight excluding hydrogens is 342 g/mol. The minimum absolute atomic E-state index is 0.122. The summed E-state index contributed by atoms with van der Waals surface area (Å²) in [4.78, 5) is 26.9. The second-order valence-corrected chi connectivity index (χ2v) is 6.69. The smallest absolute Gasteiger partial charge is 0.322 e. The topological polar surface area (TPSA) is 70.7 Å². The van der Waals surface area contributed by atoms with Crippen molar-refractivity contribution < 1.29 is 14.3 Å². The average Bonchev–Trinajstić information content (AvgIpc) is 3.18. The number of nitrogens with one attached hydrogen (secondary N) is 2. The number of amides is 3. The van der Waals surface area contributed by atoms with Gasteiger partial charge in [-0.15, -0.1) is 0 Å². The Morgan fingerprint density at radius 3 is 2.63 bits per heavy atom. The van der Waals surface area contributed by atoms with E-state index in [1.165, 1.54) is 5.56 Å². The number of anilines is 1. The van der Waals surface area contributed by atoms with E-state index < -0.39 is 6.04 Å². The standard InChI is InChI=1S/C21H25N3O3/c1-15-9-11-16(12-10-15)14-22-20(25)18-7-5-13-24(18)21(26)23-17-6-3-4-8-19(17)27-2/h3-4,6,8-12,18H,5,7,13-14H2,1-2H3,(H,22,25)(H,23,26)/t18-/m1/s1. The van der Waals surface area contributed by atoms with Gasteiger partial charge in [0.05, 0.1) is 12.8 Å². The van der Waals surface area contributed by atoms with Crippen LogP contribution in [0.25, 0.3) is 0 Å². The van der Waals surface area contributed by atoms with Crippen LogP contribution >= 0.6 is 0 Å². The third-order valence-electron chi connectivity index (χ3n) is 4.75. The van der Waals surface area contributed by atoms with Crippen LogP contribution in [0.4, 0.5) is 10.5 Å². The summed E-state index contributed by atoms with van der Waals surface area (Å²) in [5, 5.41) is 5.80. The second kappa shape index (κ2) is 8.58. The summed E-state index contributed by atoms with van der Waals surface area (Å²) in [6.45, 7) is 3.04. The third-order valence-corrected chi connectivity index (χ3v) is 4.75. The second-order valence-electron chi connectivity index (χ2n) is 6.69. The van der Waals surface area contributed by atoms with Crippen molar-refractivity contribution in [2.75, 3.05) is 19.0 Å². The van der Waals surface area contributed by atoms with Gasteiger partial charge < -0.3 is 20.3 Å². The number of carbonyl (C=O) groups excluding carboxylic acids is 2. The first-order valence-corrected chi connectivity index (χ1v) is 9.12. The lowest BCUT2D eigenvalue weighted by atomic mass is 10.1. The van der Waals surface area contributed by atoms with Crippen molar-refractivity contribution in [3.05, 3.63) is 59.7 Å².